The van der Waals surface area contributed by atoms with E-state index in [4.69, 9.17) is 9.47 Å². The fourth-order valence-corrected chi connectivity index (χ4v) is 0.983. The van der Waals surface area contributed by atoms with Gasteiger partial charge in [-0.05, 0) is 13.0 Å². The largest absolute Gasteiger partial charge is 0.355 e. The Morgan fingerprint density at radius 2 is 1.83 bits per heavy atom. The number of nitrogens with one attached hydrogen (secondary N) is 1. The van der Waals surface area contributed by atoms with Gasteiger partial charge in [0.05, 0.1) is 0 Å². The summed E-state index contributed by atoms with van der Waals surface area (Å²) >= 11 is 0. The molecule has 74 valence electrons. The Morgan fingerprint density at radius 3 is 2.33 bits per heavy atom. The van der Waals surface area contributed by atoms with E-state index >= 15 is 0 Å². The minimum atomic E-state index is -0.105. The number of rotatable bonds is 8. The quantitative estimate of drug-likeness (QED) is 0.446. The van der Waals surface area contributed by atoms with Crippen LogP contribution >= 0.6 is 0 Å². The first-order valence-corrected chi connectivity index (χ1v) is 4.61. The highest BCUT2D eigenvalue weighted by Crippen LogP contribution is 1.92. The molecular formula is C9H21NO2. The lowest BCUT2D eigenvalue weighted by Gasteiger charge is -2.13. The van der Waals surface area contributed by atoms with Crippen LogP contribution in [0.15, 0.2) is 0 Å². The van der Waals surface area contributed by atoms with Gasteiger partial charge in [-0.3, -0.25) is 0 Å². The predicted octanol–water partition coefficient (Wildman–Crippen LogP) is 1.39. The molecule has 0 unspecified atom stereocenters. The molecule has 0 aliphatic rings. The second-order valence-corrected chi connectivity index (χ2v) is 2.81. The van der Waals surface area contributed by atoms with Crippen LogP contribution in [-0.4, -0.2) is 33.6 Å². The summed E-state index contributed by atoms with van der Waals surface area (Å²) in [5, 5.41) is 3.27. The van der Waals surface area contributed by atoms with Crippen LogP contribution in [0.5, 0.6) is 0 Å². The molecule has 0 fully saturated rings. The molecule has 0 aliphatic heterocycles. The number of methoxy groups -OCH3 is 2. The summed E-state index contributed by atoms with van der Waals surface area (Å²) in [5.41, 5.74) is 0. The summed E-state index contributed by atoms with van der Waals surface area (Å²) in [6, 6.07) is 0. The highest BCUT2D eigenvalue weighted by Gasteiger charge is 2.01. The van der Waals surface area contributed by atoms with E-state index in [1.54, 1.807) is 14.2 Å². The number of hydrogen-bond donors (Lipinski definition) is 1. The van der Waals surface area contributed by atoms with E-state index in [2.05, 4.69) is 12.2 Å². The van der Waals surface area contributed by atoms with E-state index < -0.39 is 0 Å². The molecule has 0 atom stereocenters. The lowest BCUT2D eigenvalue weighted by molar-refractivity contribution is -0.0986. The standard InChI is InChI=1S/C9H21NO2/c1-4-5-6-7-10-8-9(11-2)12-3/h9-10H,4-8H2,1-3H3. The lowest BCUT2D eigenvalue weighted by Crippen LogP contribution is -2.30. The summed E-state index contributed by atoms with van der Waals surface area (Å²) in [4.78, 5) is 0. The van der Waals surface area contributed by atoms with Crippen molar-refractivity contribution in [3.8, 4) is 0 Å². The fourth-order valence-electron chi connectivity index (χ4n) is 0.983. The Morgan fingerprint density at radius 1 is 1.17 bits per heavy atom. The first-order chi connectivity index (χ1) is 5.85. The maximum absolute atomic E-state index is 5.02. The summed E-state index contributed by atoms with van der Waals surface area (Å²) in [7, 11) is 3.31. The average molecular weight is 175 g/mol. The van der Waals surface area contributed by atoms with Gasteiger partial charge in [0.1, 0.15) is 0 Å². The molecular weight excluding hydrogens is 154 g/mol. The predicted molar refractivity (Wildman–Crippen MR) is 50.2 cm³/mol. The van der Waals surface area contributed by atoms with Crippen LogP contribution in [-0.2, 0) is 9.47 Å². The zero-order valence-electron chi connectivity index (χ0n) is 8.43. The normalized spacial score (nSPS) is 11.0. The van der Waals surface area contributed by atoms with E-state index in [9.17, 15) is 0 Å². The van der Waals surface area contributed by atoms with Gasteiger partial charge in [0.25, 0.3) is 0 Å². The van der Waals surface area contributed by atoms with Crippen molar-refractivity contribution >= 4 is 0 Å². The molecule has 0 aliphatic carbocycles. The van der Waals surface area contributed by atoms with Crippen LogP contribution in [0.1, 0.15) is 26.2 Å². The topological polar surface area (TPSA) is 30.5 Å². The maximum atomic E-state index is 5.02. The average Bonchev–Trinajstić information content (AvgIpc) is 2.11. The Hall–Kier alpha value is -0.120. The molecule has 12 heavy (non-hydrogen) atoms. The minimum absolute atomic E-state index is 0.105. The molecule has 3 heteroatoms. The zero-order valence-corrected chi connectivity index (χ0v) is 8.43. The fraction of sp³-hybridized carbons (Fsp3) is 1.00. The second kappa shape index (κ2) is 8.97. The summed E-state index contributed by atoms with van der Waals surface area (Å²) in [6.45, 7) is 4.03. The van der Waals surface area contributed by atoms with E-state index in [1.807, 2.05) is 0 Å². The number of hydrogen-bond acceptors (Lipinski definition) is 3. The SMILES string of the molecule is CCCCCNCC(OC)OC. The molecule has 0 aromatic heterocycles. The molecule has 0 bridgehead atoms. The monoisotopic (exact) mass is 175 g/mol. The van der Waals surface area contributed by atoms with Crippen LogP contribution in [0.4, 0.5) is 0 Å². The van der Waals surface area contributed by atoms with Crippen LogP contribution < -0.4 is 5.32 Å². The first-order valence-electron chi connectivity index (χ1n) is 4.61. The summed E-state index contributed by atoms with van der Waals surface area (Å²) in [6.07, 6.45) is 3.68. The highest BCUT2D eigenvalue weighted by atomic mass is 16.7. The summed E-state index contributed by atoms with van der Waals surface area (Å²) in [5.74, 6) is 0. The molecule has 3 nitrogen and oxygen atoms in total. The third-order valence-electron chi connectivity index (χ3n) is 1.79. The molecule has 0 aromatic carbocycles. The van der Waals surface area contributed by atoms with Gasteiger partial charge >= 0.3 is 0 Å². The van der Waals surface area contributed by atoms with Crippen molar-refractivity contribution in [2.24, 2.45) is 0 Å². The Balaban J connectivity index is 3.06. The molecule has 0 spiro atoms. The molecule has 0 aromatic rings. The molecule has 0 heterocycles. The van der Waals surface area contributed by atoms with Gasteiger partial charge in [-0.15, -0.1) is 0 Å². The van der Waals surface area contributed by atoms with Crippen molar-refractivity contribution in [3.63, 3.8) is 0 Å². The molecule has 0 radical (unpaired) electrons. The van der Waals surface area contributed by atoms with Crippen molar-refractivity contribution in [1.29, 1.82) is 0 Å². The van der Waals surface area contributed by atoms with Crippen molar-refractivity contribution in [2.45, 2.75) is 32.5 Å². The van der Waals surface area contributed by atoms with Gasteiger partial charge in [0.2, 0.25) is 0 Å². The van der Waals surface area contributed by atoms with Gasteiger partial charge in [-0.2, -0.15) is 0 Å². The van der Waals surface area contributed by atoms with E-state index in [-0.39, 0.29) is 6.29 Å². The Bertz CT molecular complexity index is 84.6. The van der Waals surface area contributed by atoms with Crippen LogP contribution in [0.25, 0.3) is 0 Å². The molecule has 0 rings (SSSR count). The number of unbranched alkanes of at least 4 members (excludes halogenated alkanes) is 2. The van der Waals surface area contributed by atoms with Crippen LogP contribution in [0.3, 0.4) is 0 Å². The van der Waals surface area contributed by atoms with E-state index in [0.717, 1.165) is 13.1 Å². The van der Waals surface area contributed by atoms with Crippen LogP contribution in [0, 0.1) is 0 Å². The summed E-state index contributed by atoms with van der Waals surface area (Å²) < 4.78 is 10.0. The van der Waals surface area contributed by atoms with E-state index in [1.165, 1.54) is 19.3 Å². The van der Waals surface area contributed by atoms with Gasteiger partial charge in [0.15, 0.2) is 6.29 Å². The Labute approximate surface area is 75.4 Å². The van der Waals surface area contributed by atoms with Crippen molar-refractivity contribution in [2.75, 3.05) is 27.3 Å². The van der Waals surface area contributed by atoms with Gasteiger partial charge in [-0.25, -0.2) is 0 Å². The zero-order chi connectivity index (χ0) is 9.23. The van der Waals surface area contributed by atoms with Gasteiger partial charge in [0, 0.05) is 20.8 Å². The number of ether oxygens (including phenoxy) is 2. The van der Waals surface area contributed by atoms with Gasteiger partial charge in [-0.1, -0.05) is 19.8 Å². The molecule has 1 N–H and O–H groups in total. The van der Waals surface area contributed by atoms with Gasteiger partial charge < -0.3 is 14.8 Å². The first kappa shape index (κ1) is 11.9. The van der Waals surface area contributed by atoms with E-state index in [0.29, 0.717) is 0 Å². The third-order valence-corrected chi connectivity index (χ3v) is 1.79. The smallest absolute Gasteiger partial charge is 0.169 e. The van der Waals surface area contributed by atoms with Crippen molar-refractivity contribution in [3.05, 3.63) is 0 Å². The molecule has 0 amide bonds. The van der Waals surface area contributed by atoms with Crippen molar-refractivity contribution < 1.29 is 9.47 Å². The maximum Gasteiger partial charge on any atom is 0.169 e. The Kier molecular flexibility index (Phi) is 8.88. The molecule has 0 saturated carbocycles. The van der Waals surface area contributed by atoms with Crippen LogP contribution in [0.2, 0.25) is 0 Å². The molecule has 0 saturated heterocycles. The second-order valence-electron chi connectivity index (χ2n) is 2.81. The highest BCUT2D eigenvalue weighted by molar-refractivity contribution is 4.50. The third kappa shape index (κ3) is 6.58. The van der Waals surface area contributed by atoms with Crippen molar-refractivity contribution in [1.82, 2.24) is 5.32 Å². The minimum Gasteiger partial charge on any atom is -0.355 e. The lowest BCUT2D eigenvalue weighted by atomic mass is 10.2.